The SMILES string of the molecule is NC(=NCCCCc1ccc(OCCOCCNC(=O)NCCOCCOc2ccc(CCCC[NH+]=C(N)NC(=O)c3nc(Cl)c(N)nc3N)cc2)cc1)NC(=O)c1nc(Cl)c(N)nc1N. The van der Waals surface area contributed by atoms with Crippen LogP contribution in [-0.4, -0.2) is 116 Å². The molecule has 0 aliphatic rings. The summed E-state index contributed by atoms with van der Waals surface area (Å²) in [4.78, 5) is 59.1. The summed E-state index contributed by atoms with van der Waals surface area (Å²) in [5.41, 5.74) is 36.1. The first kappa shape index (κ1) is 51.7. The number of urea groups is 1. The molecule has 0 spiro atoms. The number of amides is 4. The number of hydrogen-bond acceptors (Lipinski definition) is 16. The minimum atomic E-state index is -0.688. The number of halogens is 2. The van der Waals surface area contributed by atoms with Gasteiger partial charge in [-0.1, -0.05) is 47.5 Å². The highest BCUT2D eigenvalue weighted by atomic mass is 35.5. The van der Waals surface area contributed by atoms with Crippen LogP contribution in [0, 0.1) is 0 Å². The molecule has 0 atom stereocenters. The number of nitrogens with zero attached hydrogens (tertiary/aromatic N) is 5. The lowest BCUT2D eigenvalue weighted by Crippen LogP contribution is -2.79. The highest BCUT2D eigenvalue weighted by Crippen LogP contribution is 2.19. The van der Waals surface area contributed by atoms with Crippen molar-refractivity contribution in [2.24, 2.45) is 16.5 Å². The molecule has 23 nitrogen and oxygen atoms in total. The van der Waals surface area contributed by atoms with Gasteiger partial charge in [0.15, 0.2) is 50.9 Å². The maximum atomic E-state index is 12.4. The molecule has 0 radical (unpaired) electrons. The molecular weight excluding hydrogens is 899 g/mol. The largest absolute Gasteiger partial charge is 0.491 e. The van der Waals surface area contributed by atoms with Crippen molar-refractivity contribution < 1.29 is 38.3 Å². The number of aliphatic imine (C=N–C) groups is 1. The molecule has 0 bridgehead atoms. The van der Waals surface area contributed by atoms with Crippen LogP contribution in [0.1, 0.15) is 57.8 Å². The number of carbonyl (C=O) groups is 3. The van der Waals surface area contributed by atoms with Gasteiger partial charge in [0, 0.05) is 19.6 Å². The fraction of sp³-hybridized carbons (Fsp3) is 0.390. The van der Waals surface area contributed by atoms with E-state index >= 15 is 0 Å². The Morgan fingerprint density at radius 2 is 1.06 bits per heavy atom. The van der Waals surface area contributed by atoms with Crippen molar-refractivity contribution in [2.75, 3.05) is 88.8 Å². The minimum absolute atomic E-state index is 0.0528. The number of benzene rings is 2. The molecule has 2 aromatic carbocycles. The number of anilines is 4. The lowest BCUT2D eigenvalue weighted by molar-refractivity contribution is -0.460. The topological polar surface area (TPSA) is 370 Å². The zero-order valence-electron chi connectivity index (χ0n) is 36.2. The van der Waals surface area contributed by atoms with Crippen LogP contribution in [0.4, 0.5) is 28.1 Å². The number of carbonyl (C=O) groups excluding carboxylic acids is 3. The Labute approximate surface area is 391 Å². The van der Waals surface area contributed by atoms with Gasteiger partial charge in [-0.2, -0.15) is 0 Å². The molecule has 2 heterocycles. The van der Waals surface area contributed by atoms with Gasteiger partial charge in [-0.15, -0.1) is 0 Å². The van der Waals surface area contributed by atoms with Crippen molar-refractivity contribution in [3.05, 3.63) is 81.4 Å². The molecule has 0 aliphatic carbocycles. The van der Waals surface area contributed by atoms with Crippen molar-refractivity contribution in [1.82, 2.24) is 41.2 Å². The molecule has 66 heavy (non-hydrogen) atoms. The number of unbranched alkanes of at least 4 members (excludes halogenated alkanes) is 2. The zero-order valence-corrected chi connectivity index (χ0v) is 37.8. The number of guanidine groups is 2. The van der Waals surface area contributed by atoms with Crippen molar-refractivity contribution in [3.63, 3.8) is 0 Å². The van der Waals surface area contributed by atoms with Crippen molar-refractivity contribution >= 4 is 76.2 Å². The molecule has 0 aliphatic heterocycles. The molecule has 25 heteroatoms. The van der Waals surface area contributed by atoms with Gasteiger partial charge in [-0.25, -0.2) is 34.8 Å². The normalized spacial score (nSPS) is 11.5. The molecule has 4 rings (SSSR count). The number of nitrogens with one attached hydrogen (secondary N) is 5. The number of aromatic nitrogens is 4. The van der Waals surface area contributed by atoms with Crippen LogP contribution in [0.5, 0.6) is 11.5 Å². The molecule has 4 amide bonds. The lowest BCUT2D eigenvalue weighted by Gasteiger charge is -2.10. The Hall–Kier alpha value is -6.95. The monoisotopic (exact) mass is 955 g/mol. The quantitative estimate of drug-likeness (QED) is 0.0222. The number of ether oxygens (including phenoxy) is 4. The molecule has 17 N–H and O–H groups in total. The summed E-state index contributed by atoms with van der Waals surface area (Å²) in [7, 11) is 0. The van der Waals surface area contributed by atoms with E-state index in [1.807, 2.05) is 48.5 Å². The number of nitrogens with two attached hydrogens (primary N) is 6. The summed E-state index contributed by atoms with van der Waals surface area (Å²) in [5.74, 6) is -0.390. The van der Waals surface area contributed by atoms with Gasteiger partial charge in [0.25, 0.3) is 5.91 Å². The van der Waals surface area contributed by atoms with Gasteiger partial charge in [-0.3, -0.25) is 25.8 Å². The Kier molecular flexibility index (Phi) is 22.0. The average molecular weight is 957 g/mol. The smallest absolute Gasteiger partial charge is 0.348 e. The van der Waals surface area contributed by atoms with Crippen LogP contribution in [-0.2, 0) is 22.3 Å². The van der Waals surface area contributed by atoms with Gasteiger partial charge in [-0.05, 0) is 73.9 Å². The van der Waals surface area contributed by atoms with Crippen LogP contribution >= 0.6 is 23.2 Å². The van der Waals surface area contributed by atoms with E-state index in [2.05, 4.69) is 51.2 Å². The third-order valence-corrected chi connectivity index (χ3v) is 9.55. The van der Waals surface area contributed by atoms with Crippen LogP contribution in [0.25, 0.3) is 0 Å². The van der Waals surface area contributed by atoms with Gasteiger partial charge < -0.3 is 58.2 Å². The van der Waals surface area contributed by atoms with Gasteiger partial charge >= 0.3 is 17.9 Å². The molecule has 4 aromatic rings. The molecule has 0 saturated carbocycles. The summed E-state index contributed by atoms with van der Waals surface area (Å²) in [6, 6.07) is 15.3. The number of hydrogen-bond donors (Lipinski definition) is 11. The minimum Gasteiger partial charge on any atom is -0.491 e. The molecule has 0 unspecified atom stereocenters. The lowest BCUT2D eigenvalue weighted by atomic mass is 10.1. The number of nitrogen functional groups attached to an aromatic ring is 4. The summed E-state index contributed by atoms with van der Waals surface area (Å²) in [5, 5.41) is 10.1. The maximum Gasteiger partial charge on any atom is 0.348 e. The summed E-state index contributed by atoms with van der Waals surface area (Å²) in [6.07, 6.45) is 4.96. The van der Waals surface area contributed by atoms with Gasteiger partial charge in [0.05, 0.1) is 33.0 Å². The predicted molar refractivity (Wildman–Crippen MR) is 251 cm³/mol. The summed E-state index contributed by atoms with van der Waals surface area (Å²) < 4.78 is 22.6. The molecule has 0 fully saturated rings. The van der Waals surface area contributed by atoms with E-state index in [-0.39, 0.29) is 62.9 Å². The standard InChI is InChI=1S/C41H56Cl2N16O7/c42-31-35(46)56-33(44)29(54-31)37(60)58-39(48)50-15-3-1-5-25-7-11-27(12-8-25)65-23-21-63-19-17-52-41(62)53-18-20-64-22-24-66-28-13-9-26(10-14-28)6-2-4-16-51-40(49)59-38(61)30-34(45)57-36(47)32(43)55-30/h7-14H,1-6,15-24H2,(H4,44,46,56)(H4,45,47,57)(H2,52,53,62)(H3,48,50,58,60)(H3,49,51,59,61)/p+1. The van der Waals surface area contributed by atoms with Crippen molar-refractivity contribution in [3.8, 4) is 11.5 Å². The van der Waals surface area contributed by atoms with E-state index in [9.17, 15) is 14.4 Å². The molecule has 356 valence electrons. The Balaban J connectivity index is 0.924. The fourth-order valence-electron chi connectivity index (χ4n) is 5.66. The Bertz CT molecular complexity index is 2100. The number of aryl methyl sites for hydroxylation is 2. The van der Waals surface area contributed by atoms with E-state index in [0.717, 1.165) is 61.2 Å². The Morgan fingerprint density at radius 1 is 0.591 bits per heavy atom. The third-order valence-electron chi connectivity index (χ3n) is 9.00. The van der Waals surface area contributed by atoms with Crippen LogP contribution < -0.4 is 70.1 Å². The number of rotatable bonds is 26. The Morgan fingerprint density at radius 3 is 1.56 bits per heavy atom. The van der Waals surface area contributed by atoms with Gasteiger partial charge in [0.2, 0.25) is 0 Å². The first-order chi connectivity index (χ1) is 31.8. The van der Waals surface area contributed by atoms with E-state index in [1.54, 1.807) is 0 Å². The van der Waals surface area contributed by atoms with E-state index < -0.39 is 11.8 Å². The van der Waals surface area contributed by atoms with Crippen molar-refractivity contribution in [2.45, 2.75) is 38.5 Å². The summed E-state index contributed by atoms with van der Waals surface area (Å²) in [6.45, 7) is 3.74. The highest BCUT2D eigenvalue weighted by molar-refractivity contribution is 6.32. The van der Waals surface area contributed by atoms with Crippen LogP contribution in [0.2, 0.25) is 10.3 Å². The van der Waals surface area contributed by atoms with Crippen molar-refractivity contribution in [1.29, 1.82) is 0 Å². The average Bonchev–Trinajstić information content (AvgIpc) is 3.28. The predicted octanol–water partition coefficient (Wildman–Crippen LogP) is -0.0922. The molecule has 0 saturated heterocycles. The maximum absolute atomic E-state index is 12.4. The van der Waals surface area contributed by atoms with Crippen LogP contribution in [0.15, 0.2) is 53.5 Å². The summed E-state index contributed by atoms with van der Waals surface area (Å²) >= 11 is 11.6. The molecular formula is C41H57Cl2N16O7+. The second kappa shape index (κ2) is 28.1. The van der Waals surface area contributed by atoms with E-state index in [1.165, 1.54) is 0 Å². The second-order valence-electron chi connectivity index (χ2n) is 14.1. The molecule has 2 aromatic heterocycles. The third kappa shape index (κ3) is 19.0. The second-order valence-corrected chi connectivity index (χ2v) is 14.8. The van der Waals surface area contributed by atoms with Gasteiger partial charge in [0.1, 0.15) is 24.7 Å². The van der Waals surface area contributed by atoms with E-state index in [4.69, 9.17) is 76.6 Å². The first-order valence-electron chi connectivity index (χ1n) is 20.9. The van der Waals surface area contributed by atoms with Crippen LogP contribution in [0.3, 0.4) is 0 Å². The highest BCUT2D eigenvalue weighted by Gasteiger charge is 2.20. The zero-order chi connectivity index (χ0) is 47.7. The van der Waals surface area contributed by atoms with E-state index in [0.29, 0.717) is 65.8 Å². The fourth-order valence-corrected chi connectivity index (χ4v) is 5.91. The first-order valence-corrected chi connectivity index (χ1v) is 21.6.